The van der Waals surface area contributed by atoms with Crippen LogP contribution < -0.4 is 0 Å². The molecule has 0 saturated heterocycles. The molecule has 0 radical (unpaired) electrons. The zero-order chi connectivity index (χ0) is 12.8. The monoisotopic (exact) mass is 244 g/mol. The van der Waals surface area contributed by atoms with Gasteiger partial charge in [-0.1, -0.05) is 0 Å². The van der Waals surface area contributed by atoms with Crippen LogP contribution in [-0.2, 0) is 9.47 Å². The number of hydrogen-bond donors (Lipinski definition) is 1. The molecule has 0 aliphatic heterocycles. The van der Waals surface area contributed by atoms with Gasteiger partial charge in [-0.2, -0.15) is 13.2 Å². The third-order valence-corrected chi connectivity index (χ3v) is 2.21. The smallest absolute Gasteiger partial charge is 0.391 e. The fourth-order valence-corrected chi connectivity index (χ4v) is 1.01. The molecule has 1 N–H and O–H groups in total. The second-order valence-electron chi connectivity index (χ2n) is 4.29. The number of ether oxygens (including phenoxy) is 2. The molecule has 0 bridgehead atoms. The summed E-state index contributed by atoms with van der Waals surface area (Å²) < 4.78 is 44.6. The van der Waals surface area contributed by atoms with Crippen molar-refractivity contribution in [1.82, 2.24) is 0 Å². The molecule has 0 heterocycles. The van der Waals surface area contributed by atoms with Gasteiger partial charge in [0.15, 0.2) is 0 Å². The summed E-state index contributed by atoms with van der Waals surface area (Å²) in [5.41, 5.74) is -0.384. The van der Waals surface area contributed by atoms with Crippen LogP contribution >= 0.6 is 0 Å². The van der Waals surface area contributed by atoms with E-state index in [1.54, 1.807) is 7.11 Å². The highest BCUT2D eigenvalue weighted by Crippen LogP contribution is 2.18. The standard InChI is InChI=1S/C10H19F3O3/c1-9(2,15-3)5-4-8(14)6-16-7-10(11,12)13/h8,14H,4-7H2,1-3H3. The maximum atomic E-state index is 11.7. The van der Waals surface area contributed by atoms with Crippen LogP contribution in [0.25, 0.3) is 0 Å². The Morgan fingerprint density at radius 3 is 2.25 bits per heavy atom. The van der Waals surface area contributed by atoms with Crippen molar-refractivity contribution in [3.8, 4) is 0 Å². The predicted octanol–water partition coefficient (Wildman–Crippen LogP) is 2.13. The van der Waals surface area contributed by atoms with Gasteiger partial charge in [-0.25, -0.2) is 0 Å². The van der Waals surface area contributed by atoms with Crippen molar-refractivity contribution in [3.63, 3.8) is 0 Å². The van der Waals surface area contributed by atoms with Crippen LogP contribution in [0.2, 0.25) is 0 Å². The lowest BCUT2D eigenvalue weighted by atomic mass is 10.0. The van der Waals surface area contributed by atoms with E-state index in [2.05, 4.69) is 4.74 Å². The Morgan fingerprint density at radius 2 is 1.81 bits per heavy atom. The Balaban J connectivity index is 3.64. The molecule has 0 aromatic heterocycles. The molecule has 0 aliphatic carbocycles. The minimum atomic E-state index is -4.34. The minimum absolute atomic E-state index is 0.306. The van der Waals surface area contributed by atoms with E-state index < -0.39 is 18.9 Å². The Kier molecular flexibility index (Phi) is 6.28. The highest BCUT2D eigenvalue weighted by molar-refractivity contribution is 4.70. The summed E-state index contributed by atoms with van der Waals surface area (Å²) in [6.45, 7) is 2.06. The Labute approximate surface area is 93.5 Å². The molecule has 16 heavy (non-hydrogen) atoms. The van der Waals surface area contributed by atoms with Crippen molar-refractivity contribution in [3.05, 3.63) is 0 Å². The van der Waals surface area contributed by atoms with Gasteiger partial charge in [-0.15, -0.1) is 0 Å². The molecule has 0 spiro atoms. The summed E-state index contributed by atoms with van der Waals surface area (Å²) in [6, 6.07) is 0. The number of aliphatic hydroxyl groups is 1. The largest absolute Gasteiger partial charge is 0.411 e. The zero-order valence-corrected chi connectivity index (χ0v) is 9.80. The highest BCUT2D eigenvalue weighted by atomic mass is 19.4. The number of aliphatic hydroxyl groups excluding tert-OH is 1. The van der Waals surface area contributed by atoms with E-state index in [-0.39, 0.29) is 12.2 Å². The predicted molar refractivity (Wildman–Crippen MR) is 53.2 cm³/mol. The van der Waals surface area contributed by atoms with Crippen LogP contribution in [0.5, 0.6) is 0 Å². The Hall–Kier alpha value is -0.330. The van der Waals surface area contributed by atoms with Crippen molar-refractivity contribution in [2.24, 2.45) is 0 Å². The Bertz CT molecular complexity index is 192. The van der Waals surface area contributed by atoms with Gasteiger partial charge in [0.05, 0.1) is 18.3 Å². The normalized spacial score (nSPS) is 15.2. The van der Waals surface area contributed by atoms with Crippen molar-refractivity contribution in [2.75, 3.05) is 20.3 Å². The minimum Gasteiger partial charge on any atom is -0.391 e. The fraction of sp³-hybridized carbons (Fsp3) is 1.00. The van der Waals surface area contributed by atoms with Crippen LogP contribution in [0, 0.1) is 0 Å². The van der Waals surface area contributed by atoms with Crippen LogP contribution in [-0.4, -0.2) is 43.3 Å². The quantitative estimate of drug-likeness (QED) is 0.745. The molecule has 1 unspecified atom stereocenters. The summed E-state index contributed by atoms with van der Waals surface area (Å²) in [6.07, 6.45) is -4.33. The Morgan fingerprint density at radius 1 is 1.25 bits per heavy atom. The van der Waals surface area contributed by atoms with Crippen LogP contribution in [0.3, 0.4) is 0 Å². The van der Waals surface area contributed by atoms with Crippen molar-refractivity contribution < 1.29 is 27.8 Å². The van der Waals surface area contributed by atoms with Crippen LogP contribution in [0.1, 0.15) is 26.7 Å². The SMILES string of the molecule is COC(C)(C)CCC(O)COCC(F)(F)F. The van der Waals surface area contributed by atoms with Crippen LogP contribution in [0.4, 0.5) is 13.2 Å². The summed E-state index contributed by atoms with van der Waals surface area (Å²) in [5.74, 6) is 0. The molecule has 0 fully saturated rings. The molecular weight excluding hydrogens is 225 g/mol. The summed E-state index contributed by atoms with van der Waals surface area (Å²) >= 11 is 0. The van der Waals surface area contributed by atoms with Crippen molar-refractivity contribution in [2.45, 2.75) is 44.6 Å². The maximum absolute atomic E-state index is 11.7. The molecule has 0 aromatic rings. The maximum Gasteiger partial charge on any atom is 0.411 e. The second kappa shape index (κ2) is 6.42. The van der Waals surface area contributed by atoms with Crippen molar-refractivity contribution >= 4 is 0 Å². The fourth-order valence-electron chi connectivity index (χ4n) is 1.01. The molecule has 0 aliphatic rings. The second-order valence-corrected chi connectivity index (χ2v) is 4.29. The molecule has 0 saturated carbocycles. The number of hydrogen-bond acceptors (Lipinski definition) is 3. The molecule has 0 rings (SSSR count). The molecule has 3 nitrogen and oxygen atoms in total. The third kappa shape index (κ3) is 8.94. The van der Waals surface area contributed by atoms with Gasteiger partial charge >= 0.3 is 6.18 Å². The van der Waals surface area contributed by atoms with E-state index in [4.69, 9.17) is 4.74 Å². The number of alkyl halides is 3. The summed E-state index contributed by atoms with van der Waals surface area (Å²) in [7, 11) is 1.55. The first-order valence-corrected chi connectivity index (χ1v) is 5.04. The van der Waals surface area contributed by atoms with Gasteiger partial charge < -0.3 is 14.6 Å². The lowest BCUT2D eigenvalue weighted by molar-refractivity contribution is -0.179. The van der Waals surface area contributed by atoms with E-state index in [0.29, 0.717) is 12.8 Å². The first kappa shape index (κ1) is 15.7. The van der Waals surface area contributed by atoms with E-state index in [1.807, 2.05) is 13.8 Å². The average Bonchev–Trinajstić information content (AvgIpc) is 2.13. The molecule has 98 valence electrons. The first-order valence-electron chi connectivity index (χ1n) is 5.04. The van der Waals surface area contributed by atoms with E-state index in [9.17, 15) is 18.3 Å². The highest BCUT2D eigenvalue weighted by Gasteiger charge is 2.28. The van der Waals surface area contributed by atoms with Gasteiger partial charge in [0, 0.05) is 7.11 Å². The number of methoxy groups -OCH3 is 1. The van der Waals surface area contributed by atoms with E-state index in [1.165, 1.54) is 0 Å². The van der Waals surface area contributed by atoms with E-state index >= 15 is 0 Å². The van der Waals surface area contributed by atoms with Gasteiger partial charge in [0.2, 0.25) is 0 Å². The lowest BCUT2D eigenvalue weighted by Crippen LogP contribution is -2.27. The van der Waals surface area contributed by atoms with Gasteiger partial charge in [-0.05, 0) is 26.7 Å². The molecular formula is C10H19F3O3. The van der Waals surface area contributed by atoms with Gasteiger partial charge in [0.1, 0.15) is 6.61 Å². The summed E-state index contributed by atoms with van der Waals surface area (Å²) in [5, 5.41) is 9.36. The third-order valence-electron chi connectivity index (χ3n) is 2.21. The van der Waals surface area contributed by atoms with Crippen molar-refractivity contribution in [1.29, 1.82) is 0 Å². The molecule has 1 atom stereocenters. The first-order chi connectivity index (χ1) is 7.16. The van der Waals surface area contributed by atoms with Gasteiger partial charge in [0.25, 0.3) is 0 Å². The zero-order valence-electron chi connectivity index (χ0n) is 9.80. The summed E-state index contributed by atoms with van der Waals surface area (Å²) in [4.78, 5) is 0. The average molecular weight is 244 g/mol. The molecule has 0 aromatic carbocycles. The van der Waals surface area contributed by atoms with Gasteiger partial charge in [-0.3, -0.25) is 0 Å². The number of rotatable bonds is 7. The van der Waals surface area contributed by atoms with E-state index in [0.717, 1.165) is 0 Å². The topological polar surface area (TPSA) is 38.7 Å². The van der Waals surface area contributed by atoms with Crippen LogP contribution in [0.15, 0.2) is 0 Å². The number of halogens is 3. The molecule has 6 heteroatoms. The lowest BCUT2D eigenvalue weighted by Gasteiger charge is -2.24. The molecule has 0 amide bonds.